The molecule has 8 nitrogen and oxygen atoms in total. The molecule has 0 spiro atoms. The van der Waals surface area contributed by atoms with Crippen LogP contribution in [0.4, 0.5) is 0 Å². The van der Waals surface area contributed by atoms with Gasteiger partial charge in [-0.15, -0.1) is 11.3 Å². The van der Waals surface area contributed by atoms with Gasteiger partial charge in [-0.3, -0.25) is 4.99 Å². The van der Waals surface area contributed by atoms with Crippen LogP contribution in [-0.4, -0.2) is 45.0 Å². The second kappa shape index (κ2) is 10.0. The van der Waals surface area contributed by atoms with Gasteiger partial charge in [-0.05, 0) is 25.0 Å². The van der Waals surface area contributed by atoms with Gasteiger partial charge in [-0.1, -0.05) is 19.0 Å². The average molecular weight is 428 g/mol. The fourth-order valence-electron chi connectivity index (χ4n) is 2.65. The molecule has 0 aliphatic rings. The van der Waals surface area contributed by atoms with Gasteiger partial charge in [0.1, 0.15) is 4.21 Å². The highest BCUT2D eigenvalue weighted by molar-refractivity contribution is 7.91. The van der Waals surface area contributed by atoms with Crippen LogP contribution in [0.3, 0.4) is 0 Å². The summed E-state index contributed by atoms with van der Waals surface area (Å²) in [6, 6.07) is 5.41. The van der Waals surface area contributed by atoms with Gasteiger partial charge >= 0.3 is 0 Å². The van der Waals surface area contributed by atoms with Gasteiger partial charge < -0.3 is 15.2 Å². The smallest absolute Gasteiger partial charge is 0.252 e. The highest BCUT2D eigenvalue weighted by Crippen LogP contribution is 2.24. The van der Waals surface area contributed by atoms with E-state index in [1.165, 1.54) is 29.7 Å². The van der Waals surface area contributed by atoms with E-state index in [1.807, 2.05) is 6.07 Å². The first-order valence-corrected chi connectivity index (χ1v) is 11.5. The molecule has 0 atom stereocenters. The number of sulfonamides is 1. The van der Waals surface area contributed by atoms with E-state index in [-0.39, 0.29) is 0 Å². The second-order valence-corrected chi connectivity index (χ2v) is 10.1. The highest BCUT2D eigenvalue weighted by Gasteiger charge is 2.19. The van der Waals surface area contributed by atoms with Crippen molar-refractivity contribution in [1.29, 1.82) is 0 Å². The quantitative estimate of drug-likeness (QED) is 0.471. The molecule has 0 saturated carbocycles. The summed E-state index contributed by atoms with van der Waals surface area (Å²) in [5.74, 6) is 1.77. The van der Waals surface area contributed by atoms with Crippen molar-refractivity contribution in [1.82, 2.24) is 20.1 Å². The minimum Gasteiger partial charge on any atom is -0.359 e. The molecule has 2 heterocycles. The highest BCUT2D eigenvalue weighted by atomic mass is 32.2. The molecule has 2 aromatic heterocycles. The number of aliphatic imine (C=N–C) groups is 1. The molecule has 0 bridgehead atoms. The lowest BCUT2D eigenvalue weighted by molar-refractivity contribution is 0.368. The molecule has 0 fully saturated rings. The molecule has 0 amide bonds. The lowest BCUT2D eigenvalue weighted by Crippen LogP contribution is -2.36. The Bertz CT molecular complexity index is 883. The van der Waals surface area contributed by atoms with Gasteiger partial charge in [-0.2, -0.15) is 0 Å². The predicted octanol–water partition coefficient (Wildman–Crippen LogP) is 2.76. The van der Waals surface area contributed by atoms with E-state index in [4.69, 9.17) is 4.52 Å². The fraction of sp³-hybridized carbons (Fsp3) is 0.556. The van der Waals surface area contributed by atoms with Crippen LogP contribution in [0.25, 0.3) is 0 Å². The Balaban J connectivity index is 1.90. The van der Waals surface area contributed by atoms with Gasteiger partial charge in [0, 0.05) is 38.0 Å². The Labute approximate surface area is 171 Å². The first-order chi connectivity index (χ1) is 13.3. The van der Waals surface area contributed by atoms with E-state index in [1.54, 1.807) is 19.2 Å². The van der Waals surface area contributed by atoms with Crippen LogP contribution in [0, 0.1) is 0 Å². The summed E-state index contributed by atoms with van der Waals surface area (Å²) >= 11 is 1.24. The SMILES string of the molecule is CCC(CC)c1cc(CNC(=NC)NCc2ccc(S(=O)(=O)N(C)C)s2)on1. The third-order valence-corrected chi connectivity index (χ3v) is 7.80. The van der Waals surface area contributed by atoms with E-state index in [2.05, 4.69) is 34.6 Å². The summed E-state index contributed by atoms with van der Waals surface area (Å²) in [6.07, 6.45) is 2.07. The summed E-state index contributed by atoms with van der Waals surface area (Å²) < 4.78 is 31.3. The van der Waals surface area contributed by atoms with Gasteiger partial charge in [0.2, 0.25) is 0 Å². The van der Waals surface area contributed by atoms with Crippen molar-refractivity contribution >= 4 is 27.3 Å². The van der Waals surface area contributed by atoms with Crippen LogP contribution in [0.1, 0.15) is 48.9 Å². The molecular weight excluding hydrogens is 398 g/mol. The topological polar surface area (TPSA) is 99.8 Å². The maximum absolute atomic E-state index is 12.2. The Morgan fingerprint density at radius 1 is 1.25 bits per heavy atom. The van der Waals surface area contributed by atoms with Crippen LogP contribution in [-0.2, 0) is 23.1 Å². The lowest BCUT2D eigenvalue weighted by Gasteiger charge is -2.10. The standard InChI is InChI=1S/C18H29N5O3S2/c1-6-13(7-2)16-10-14(26-22-16)11-20-18(19-3)21-12-15-8-9-17(27-15)28(24,25)23(4)5/h8-10,13H,6-7,11-12H2,1-5H3,(H2,19,20,21). The Morgan fingerprint density at radius 3 is 2.54 bits per heavy atom. The summed E-state index contributed by atoms with van der Waals surface area (Å²) in [6.45, 7) is 5.23. The lowest BCUT2D eigenvalue weighted by atomic mass is 9.99. The van der Waals surface area contributed by atoms with E-state index < -0.39 is 10.0 Å². The summed E-state index contributed by atoms with van der Waals surface area (Å²) in [4.78, 5) is 5.09. The molecule has 0 aromatic carbocycles. The minimum absolute atomic E-state index is 0.327. The Morgan fingerprint density at radius 2 is 1.93 bits per heavy atom. The third kappa shape index (κ3) is 5.55. The second-order valence-electron chi connectivity index (χ2n) is 6.52. The zero-order chi connectivity index (χ0) is 20.7. The molecule has 0 radical (unpaired) electrons. The normalized spacial score (nSPS) is 12.8. The Kier molecular flexibility index (Phi) is 8.02. The summed E-state index contributed by atoms with van der Waals surface area (Å²) in [5.41, 5.74) is 0.984. The fourth-order valence-corrected chi connectivity index (χ4v) is 5.11. The van der Waals surface area contributed by atoms with Crippen LogP contribution in [0.2, 0.25) is 0 Å². The number of nitrogens with one attached hydrogen (secondary N) is 2. The first kappa shape index (κ1) is 22.4. The molecule has 28 heavy (non-hydrogen) atoms. The van der Waals surface area contributed by atoms with Crippen molar-refractivity contribution in [3.63, 3.8) is 0 Å². The van der Waals surface area contributed by atoms with Gasteiger partial charge in [0.15, 0.2) is 11.7 Å². The number of thiophene rings is 1. The van der Waals surface area contributed by atoms with Crippen molar-refractivity contribution < 1.29 is 12.9 Å². The predicted molar refractivity (Wildman–Crippen MR) is 112 cm³/mol. The van der Waals surface area contributed by atoms with Crippen LogP contribution in [0.15, 0.2) is 31.9 Å². The number of aromatic nitrogens is 1. The van der Waals surface area contributed by atoms with Crippen molar-refractivity contribution in [2.24, 2.45) is 4.99 Å². The van der Waals surface area contributed by atoms with Crippen LogP contribution in [0.5, 0.6) is 0 Å². The van der Waals surface area contributed by atoms with Crippen LogP contribution < -0.4 is 10.6 Å². The molecule has 10 heteroatoms. The monoisotopic (exact) mass is 427 g/mol. The van der Waals surface area contributed by atoms with E-state index in [0.717, 1.165) is 29.2 Å². The largest absolute Gasteiger partial charge is 0.359 e. The van der Waals surface area contributed by atoms with E-state index >= 15 is 0 Å². The van der Waals surface area contributed by atoms with E-state index in [9.17, 15) is 8.42 Å². The number of rotatable bonds is 9. The first-order valence-electron chi connectivity index (χ1n) is 9.23. The molecular formula is C18H29N5O3S2. The molecule has 156 valence electrons. The van der Waals surface area contributed by atoms with E-state index in [0.29, 0.717) is 29.2 Å². The molecule has 2 N–H and O–H groups in total. The van der Waals surface area contributed by atoms with Crippen LogP contribution >= 0.6 is 11.3 Å². The average Bonchev–Trinajstić information content (AvgIpc) is 3.33. The zero-order valence-corrected chi connectivity index (χ0v) is 18.7. The van der Waals surface area contributed by atoms with Gasteiger partial charge in [0.25, 0.3) is 10.0 Å². The molecule has 2 aromatic rings. The third-order valence-electron chi connectivity index (χ3n) is 4.44. The number of nitrogens with zero attached hydrogens (tertiary/aromatic N) is 3. The zero-order valence-electron chi connectivity index (χ0n) is 17.0. The van der Waals surface area contributed by atoms with Crippen molar-refractivity contribution in [3.8, 4) is 0 Å². The van der Waals surface area contributed by atoms with Gasteiger partial charge in [-0.25, -0.2) is 12.7 Å². The molecule has 0 aliphatic heterocycles. The number of hydrogen-bond acceptors (Lipinski definition) is 6. The maximum Gasteiger partial charge on any atom is 0.252 e. The minimum atomic E-state index is -3.40. The molecule has 0 aliphatic carbocycles. The number of hydrogen-bond donors (Lipinski definition) is 2. The molecule has 0 saturated heterocycles. The summed E-state index contributed by atoms with van der Waals surface area (Å²) in [7, 11) is 1.33. The maximum atomic E-state index is 12.2. The van der Waals surface area contributed by atoms with Crippen molar-refractivity contribution in [3.05, 3.63) is 34.5 Å². The molecule has 2 rings (SSSR count). The molecule has 0 unspecified atom stereocenters. The van der Waals surface area contributed by atoms with Gasteiger partial charge in [0.05, 0.1) is 18.8 Å². The van der Waals surface area contributed by atoms with Crippen molar-refractivity contribution in [2.75, 3.05) is 21.1 Å². The Hall–Kier alpha value is -1.91. The van der Waals surface area contributed by atoms with Crippen molar-refractivity contribution in [2.45, 2.75) is 49.9 Å². The summed E-state index contributed by atoms with van der Waals surface area (Å²) in [5, 5.41) is 10.5. The number of guanidine groups is 1.